The largest absolute Gasteiger partial charge is 0.387 e. The van der Waals surface area contributed by atoms with Gasteiger partial charge in [0.15, 0.2) is 0 Å². The van der Waals surface area contributed by atoms with Gasteiger partial charge in [0.25, 0.3) is 0 Å². The fourth-order valence-corrected chi connectivity index (χ4v) is 2.97. The van der Waals surface area contributed by atoms with Crippen LogP contribution in [0.5, 0.6) is 0 Å². The summed E-state index contributed by atoms with van der Waals surface area (Å²) in [5, 5.41) is 12.1. The van der Waals surface area contributed by atoms with Crippen molar-refractivity contribution in [1.82, 2.24) is 14.8 Å². The van der Waals surface area contributed by atoms with Crippen LogP contribution in [0.1, 0.15) is 30.5 Å². The molecule has 1 aromatic rings. The van der Waals surface area contributed by atoms with E-state index in [0.717, 1.165) is 25.3 Å². The zero-order valence-corrected chi connectivity index (χ0v) is 12.3. The SMILES string of the molecule is CC(C)c1nc(CN2CCN(C(=O)CO)CC2)cs1. The standard InChI is InChI=1S/C13H21N3O2S/c1-10(2)13-14-11(9-19-13)7-15-3-5-16(6-4-15)12(18)8-17/h9-10,17H,3-8H2,1-2H3. The summed E-state index contributed by atoms with van der Waals surface area (Å²) in [6.45, 7) is 7.86. The van der Waals surface area contributed by atoms with Crippen molar-refractivity contribution in [2.75, 3.05) is 32.8 Å². The number of nitrogens with zero attached hydrogens (tertiary/aromatic N) is 3. The number of piperazine rings is 1. The maximum Gasteiger partial charge on any atom is 0.248 e. The first-order valence-corrected chi connectivity index (χ1v) is 7.53. The molecule has 0 saturated carbocycles. The van der Waals surface area contributed by atoms with Crippen molar-refractivity contribution in [3.05, 3.63) is 16.1 Å². The molecule has 0 atom stereocenters. The highest BCUT2D eigenvalue weighted by Crippen LogP contribution is 2.20. The molecule has 1 aliphatic rings. The number of aliphatic hydroxyl groups excluding tert-OH is 1. The Morgan fingerprint density at radius 2 is 2.11 bits per heavy atom. The number of aliphatic hydroxyl groups is 1. The van der Waals surface area contributed by atoms with Crippen molar-refractivity contribution in [1.29, 1.82) is 0 Å². The minimum absolute atomic E-state index is 0.171. The number of hydrogen-bond donors (Lipinski definition) is 1. The third-order valence-corrected chi connectivity index (χ3v) is 4.50. The third kappa shape index (κ3) is 3.75. The van der Waals surface area contributed by atoms with Crippen molar-refractivity contribution in [2.45, 2.75) is 26.3 Å². The van der Waals surface area contributed by atoms with Crippen molar-refractivity contribution >= 4 is 17.2 Å². The summed E-state index contributed by atoms with van der Waals surface area (Å²) in [4.78, 5) is 20.0. The number of rotatable bonds is 4. The van der Waals surface area contributed by atoms with E-state index in [1.165, 1.54) is 5.01 Å². The molecule has 0 aliphatic carbocycles. The molecule has 1 aromatic heterocycles. The minimum atomic E-state index is -0.385. The molecular weight excluding hydrogens is 262 g/mol. The van der Waals surface area contributed by atoms with Gasteiger partial charge in [0.05, 0.1) is 10.7 Å². The van der Waals surface area contributed by atoms with E-state index in [4.69, 9.17) is 5.11 Å². The van der Waals surface area contributed by atoms with Gasteiger partial charge in [-0.2, -0.15) is 0 Å². The Morgan fingerprint density at radius 3 is 2.63 bits per heavy atom. The Balaban J connectivity index is 1.83. The van der Waals surface area contributed by atoms with Crippen molar-refractivity contribution < 1.29 is 9.90 Å². The van der Waals surface area contributed by atoms with Gasteiger partial charge in [-0.3, -0.25) is 9.69 Å². The van der Waals surface area contributed by atoms with Crippen LogP contribution in [-0.4, -0.2) is 58.6 Å². The molecule has 0 aromatic carbocycles. The molecule has 1 aliphatic heterocycles. The molecule has 1 amide bonds. The zero-order valence-electron chi connectivity index (χ0n) is 11.5. The maximum atomic E-state index is 11.4. The maximum absolute atomic E-state index is 11.4. The molecule has 0 spiro atoms. The molecule has 1 saturated heterocycles. The number of carbonyl (C=O) groups excluding carboxylic acids is 1. The third-order valence-electron chi connectivity index (χ3n) is 3.31. The van der Waals surface area contributed by atoms with Gasteiger partial charge >= 0.3 is 0 Å². The average Bonchev–Trinajstić information content (AvgIpc) is 2.87. The number of amides is 1. The van der Waals surface area contributed by atoms with Crippen LogP contribution < -0.4 is 0 Å². The highest BCUT2D eigenvalue weighted by Gasteiger charge is 2.21. The van der Waals surface area contributed by atoms with E-state index < -0.39 is 0 Å². The first kappa shape index (κ1) is 14.4. The Kier molecular flexibility index (Phi) is 4.90. The van der Waals surface area contributed by atoms with Crippen LogP contribution in [0.15, 0.2) is 5.38 Å². The van der Waals surface area contributed by atoms with E-state index in [0.29, 0.717) is 19.0 Å². The van der Waals surface area contributed by atoms with E-state index in [1.807, 2.05) is 0 Å². The summed E-state index contributed by atoms with van der Waals surface area (Å²) >= 11 is 1.72. The fourth-order valence-electron chi connectivity index (χ4n) is 2.14. The lowest BCUT2D eigenvalue weighted by atomic mass is 10.2. The van der Waals surface area contributed by atoms with E-state index in [-0.39, 0.29) is 12.5 Å². The van der Waals surface area contributed by atoms with Crippen LogP contribution in [0.25, 0.3) is 0 Å². The predicted octanol–water partition coefficient (Wildman–Crippen LogP) is 0.903. The molecule has 2 rings (SSSR count). The lowest BCUT2D eigenvalue weighted by Crippen LogP contribution is -2.49. The quantitative estimate of drug-likeness (QED) is 0.892. The Hall–Kier alpha value is -0.980. The van der Waals surface area contributed by atoms with Crippen molar-refractivity contribution in [3.8, 4) is 0 Å². The second-order valence-electron chi connectivity index (χ2n) is 5.15. The van der Waals surface area contributed by atoms with Gasteiger partial charge in [-0.15, -0.1) is 11.3 Å². The summed E-state index contributed by atoms with van der Waals surface area (Å²) < 4.78 is 0. The Bertz CT molecular complexity index is 425. The second kappa shape index (κ2) is 6.45. The molecule has 1 fully saturated rings. The van der Waals surface area contributed by atoms with Crippen LogP contribution in [0.2, 0.25) is 0 Å². The Morgan fingerprint density at radius 1 is 1.42 bits per heavy atom. The fraction of sp³-hybridized carbons (Fsp3) is 0.692. The van der Waals surface area contributed by atoms with Gasteiger partial charge in [-0.05, 0) is 0 Å². The molecule has 6 heteroatoms. The van der Waals surface area contributed by atoms with Crippen LogP contribution in [0, 0.1) is 0 Å². The normalized spacial score (nSPS) is 17.2. The average molecular weight is 283 g/mol. The molecule has 0 unspecified atom stereocenters. The zero-order chi connectivity index (χ0) is 13.8. The highest BCUT2D eigenvalue weighted by atomic mass is 32.1. The number of thiazole rings is 1. The van der Waals surface area contributed by atoms with E-state index in [1.54, 1.807) is 16.2 Å². The summed E-state index contributed by atoms with van der Waals surface area (Å²) in [6, 6.07) is 0. The summed E-state index contributed by atoms with van der Waals surface area (Å²) in [5.74, 6) is 0.313. The number of aromatic nitrogens is 1. The number of carbonyl (C=O) groups is 1. The van der Waals surface area contributed by atoms with Gasteiger partial charge in [0, 0.05) is 44.0 Å². The molecule has 2 heterocycles. The van der Waals surface area contributed by atoms with Crippen LogP contribution in [0.4, 0.5) is 0 Å². The molecule has 106 valence electrons. The van der Waals surface area contributed by atoms with Crippen molar-refractivity contribution in [3.63, 3.8) is 0 Å². The van der Waals surface area contributed by atoms with Gasteiger partial charge in [-0.25, -0.2) is 4.98 Å². The van der Waals surface area contributed by atoms with E-state index in [2.05, 4.69) is 29.1 Å². The summed E-state index contributed by atoms with van der Waals surface area (Å²) in [5.41, 5.74) is 1.12. The van der Waals surface area contributed by atoms with E-state index in [9.17, 15) is 4.79 Å². The molecular formula is C13H21N3O2S. The first-order valence-electron chi connectivity index (χ1n) is 6.65. The van der Waals surface area contributed by atoms with Crippen molar-refractivity contribution in [2.24, 2.45) is 0 Å². The lowest BCUT2D eigenvalue weighted by Gasteiger charge is -2.34. The molecule has 0 radical (unpaired) electrons. The second-order valence-corrected chi connectivity index (χ2v) is 6.04. The van der Waals surface area contributed by atoms with Gasteiger partial charge in [0.1, 0.15) is 6.61 Å². The minimum Gasteiger partial charge on any atom is -0.387 e. The summed E-state index contributed by atoms with van der Waals surface area (Å²) in [6.07, 6.45) is 0. The van der Waals surface area contributed by atoms with E-state index >= 15 is 0 Å². The molecule has 19 heavy (non-hydrogen) atoms. The van der Waals surface area contributed by atoms with Crippen LogP contribution in [-0.2, 0) is 11.3 Å². The first-order chi connectivity index (χ1) is 9.10. The molecule has 0 bridgehead atoms. The highest BCUT2D eigenvalue weighted by molar-refractivity contribution is 7.09. The predicted molar refractivity (Wildman–Crippen MR) is 75.1 cm³/mol. The van der Waals surface area contributed by atoms with Gasteiger partial charge < -0.3 is 10.0 Å². The lowest BCUT2D eigenvalue weighted by molar-refractivity contribution is -0.136. The topological polar surface area (TPSA) is 56.7 Å². The van der Waals surface area contributed by atoms with Gasteiger partial charge in [-0.1, -0.05) is 13.8 Å². The molecule has 5 nitrogen and oxygen atoms in total. The van der Waals surface area contributed by atoms with Gasteiger partial charge in [0.2, 0.25) is 5.91 Å². The van der Waals surface area contributed by atoms with Crippen LogP contribution in [0.3, 0.4) is 0 Å². The number of hydrogen-bond acceptors (Lipinski definition) is 5. The van der Waals surface area contributed by atoms with Crippen LogP contribution >= 0.6 is 11.3 Å². The molecule has 1 N–H and O–H groups in total. The monoisotopic (exact) mass is 283 g/mol. The summed E-state index contributed by atoms with van der Waals surface area (Å²) in [7, 11) is 0. The smallest absolute Gasteiger partial charge is 0.248 e. The Labute approximate surface area is 117 Å².